The van der Waals surface area contributed by atoms with Gasteiger partial charge in [-0.15, -0.1) is 0 Å². The van der Waals surface area contributed by atoms with Crippen molar-refractivity contribution in [2.24, 2.45) is 5.92 Å². The third kappa shape index (κ3) is 6.26. The molecule has 2 N–H and O–H groups in total. The van der Waals surface area contributed by atoms with Crippen molar-refractivity contribution in [2.75, 3.05) is 20.8 Å². The minimum Gasteiger partial charge on any atom is -0.493 e. The van der Waals surface area contributed by atoms with E-state index in [0.717, 1.165) is 5.56 Å². The van der Waals surface area contributed by atoms with E-state index < -0.39 is 30.4 Å². The first kappa shape index (κ1) is 22.8. The topological polar surface area (TPSA) is 116 Å². The second kappa shape index (κ2) is 10.9. The van der Waals surface area contributed by atoms with E-state index in [2.05, 4.69) is 10.6 Å². The second-order valence-corrected chi connectivity index (χ2v) is 6.75. The molecule has 9 heteroatoms. The molecule has 0 saturated heterocycles. The molecule has 0 bridgehead atoms. The maximum absolute atomic E-state index is 12.3. The van der Waals surface area contributed by atoms with E-state index in [-0.39, 0.29) is 18.2 Å². The maximum atomic E-state index is 12.3. The van der Waals surface area contributed by atoms with Gasteiger partial charge in [-0.25, -0.2) is 4.79 Å². The molecule has 0 fully saturated rings. The first-order valence-electron chi connectivity index (χ1n) is 9.34. The summed E-state index contributed by atoms with van der Waals surface area (Å²) in [5, 5.41) is 5.22. The first-order valence-corrected chi connectivity index (χ1v) is 9.34. The highest BCUT2D eigenvalue weighted by molar-refractivity contribution is 5.94. The molecule has 0 aliphatic heterocycles. The summed E-state index contributed by atoms with van der Waals surface area (Å²) < 4.78 is 20.5. The van der Waals surface area contributed by atoms with Gasteiger partial charge in [0.1, 0.15) is 6.04 Å². The van der Waals surface area contributed by atoms with E-state index in [1.54, 1.807) is 38.1 Å². The molecule has 0 unspecified atom stereocenters. The predicted molar refractivity (Wildman–Crippen MR) is 107 cm³/mol. The van der Waals surface area contributed by atoms with Gasteiger partial charge in [0.2, 0.25) is 0 Å². The van der Waals surface area contributed by atoms with E-state index >= 15 is 0 Å². The van der Waals surface area contributed by atoms with Crippen LogP contribution in [0.15, 0.2) is 41.0 Å². The fourth-order valence-electron chi connectivity index (χ4n) is 2.59. The Morgan fingerprint density at radius 3 is 2.40 bits per heavy atom. The van der Waals surface area contributed by atoms with Gasteiger partial charge >= 0.3 is 5.97 Å². The normalized spacial score (nSPS) is 11.5. The molecular weight excluding hydrogens is 392 g/mol. The molecule has 1 aromatic carbocycles. The molecule has 0 radical (unpaired) electrons. The number of nitrogens with one attached hydrogen (secondary N) is 2. The van der Waals surface area contributed by atoms with Gasteiger partial charge in [-0.05, 0) is 35.7 Å². The summed E-state index contributed by atoms with van der Waals surface area (Å²) in [6.45, 7) is 3.27. The van der Waals surface area contributed by atoms with Gasteiger partial charge < -0.3 is 29.3 Å². The number of hydrogen-bond donors (Lipinski definition) is 2. The van der Waals surface area contributed by atoms with Gasteiger partial charge in [0, 0.05) is 6.54 Å². The van der Waals surface area contributed by atoms with Crippen LogP contribution in [-0.2, 0) is 20.9 Å². The van der Waals surface area contributed by atoms with Gasteiger partial charge in [0.25, 0.3) is 11.8 Å². The van der Waals surface area contributed by atoms with E-state index in [9.17, 15) is 14.4 Å². The summed E-state index contributed by atoms with van der Waals surface area (Å²) in [5.74, 6) is -0.745. The number of carbonyl (C=O) groups is 3. The van der Waals surface area contributed by atoms with Gasteiger partial charge in [-0.2, -0.15) is 0 Å². The Hall–Kier alpha value is -3.49. The van der Waals surface area contributed by atoms with E-state index in [0.29, 0.717) is 11.5 Å². The summed E-state index contributed by atoms with van der Waals surface area (Å²) in [5.41, 5.74) is 0.790. The average molecular weight is 418 g/mol. The molecule has 1 aromatic heterocycles. The zero-order valence-corrected chi connectivity index (χ0v) is 17.4. The number of methoxy groups -OCH3 is 2. The monoisotopic (exact) mass is 418 g/mol. The lowest BCUT2D eigenvalue weighted by Gasteiger charge is -2.20. The molecule has 1 heterocycles. The van der Waals surface area contributed by atoms with Crippen molar-refractivity contribution in [3.8, 4) is 11.5 Å². The molecular formula is C21H26N2O7. The summed E-state index contributed by atoms with van der Waals surface area (Å²) in [7, 11) is 3.06. The minimum absolute atomic E-state index is 0.0844. The molecule has 2 amide bonds. The van der Waals surface area contributed by atoms with Crippen molar-refractivity contribution >= 4 is 17.8 Å². The summed E-state index contributed by atoms with van der Waals surface area (Å²) >= 11 is 0. The molecule has 2 rings (SSSR count). The van der Waals surface area contributed by atoms with Gasteiger partial charge in [0.15, 0.2) is 23.9 Å². The predicted octanol–water partition coefficient (Wildman–Crippen LogP) is 1.91. The minimum atomic E-state index is -0.916. The Labute approximate surface area is 174 Å². The smallest absolute Gasteiger partial charge is 0.329 e. The van der Waals surface area contributed by atoms with Crippen LogP contribution in [0.4, 0.5) is 0 Å². The summed E-state index contributed by atoms with van der Waals surface area (Å²) in [6, 6.07) is 7.40. The fraction of sp³-hybridized carbons (Fsp3) is 0.381. The zero-order chi connectivity index (χ0) is 22.1. The lowest BCUT2D eigenvalue weighted by Crippen LogP contribution is -2.46. The Balaban J connectivity index is 1.84. The number of rotatable bonds is 10. The van der Waals surface area contributed by atoms with Crippen molar-refractivity contribution in [3.05, 3.63) is 47.9 Å². The lowest BCUT2D eigenvalue weighted by molar-refractivity contribution is -0.151. The van der Waals surface area contributed by atoms with Crippen molar-refractivity contribution in [3.63, 3.8) is 0 Å². The van der Waals surface area contributed by atoms with Crippen LogP contribution in [0, 0.1) is 5.92 Å². The van der Waals surface area contributed by atoms with Crippen LogP contribution >= 0.6 is 0 Å². The van der Waals surface area contributed by atoms with E-state index in [1.165, 1.54) is 26.5 Å². The van der Waals surface area contributed by atoms with Gasteiger partial charge in [0.05, 0.1) is 20.5 Å². The fourth-order valence-corrected chi connectivity index (χ4v) is 2.59. The first-order chi connectivity index (χ1) is 14.3. The SMILES string of the molecule is COc1ccc(CNC(=O)COC(=O)[C@@H](NC(=O)c2ccco2)C(C)C)cc1OC. The molecule has 9 nitrogen and oxygen atoms in total. The number of ether oxygens (including phenoxy) is 3. The molecule has 0 spiro atoms. The van der Waals surface area contributed by atoms with Gasteiger partial charge in [-0.1, -0.05) is 19.9 Å². The number of amides is 2. The van der Waals surface area contributed by atoms with E-state index in [1.807, 2.05) is 0 Å². The summed E-state index contributed by atoms with van der Waals surface area (Å²) in [6.07, 6.45) is 1.36. The molecule has 0 aliphatic carbocycles. The maximum Gasteiger partial charge on any atom is 0.329 e. The van der Waals surface area contributed by atoms with Crippen molar-refractivity contribution in [2.45, 2.75) is 26.4 Å². The van der Waals surface area contributed by atoms with Crippen LogP contribution < -0.4 is 20.1 Å². The molecule has 162 valence electrons. The third-order valence-electron chi connectivity index (χ3n) is 4.24. The number of benzene rings is 1. The number of hydrogen-bond acceptors (Lipinski definition) is 7. The quantitative estimate of drug-likeness (QED) is 0.566. The highest BCUT2D eigenvalue weighted by Crippen LogP contribution is 2.27. The molecule has 1 atom stereocenters. The molecule has 0 saturated carbocycles. The van der Waals surface area contributed by atoms with Crippen molar-refractivity contribution in [1.82, 2.24) is 10.6 Å². The summed E-state index contributed by atoms with van der Waals surface area (Å²) in [4.78, 5) is 36.5. The Morgan fingerprint density at radius 2 is 1.80 bits per heavy atom. The highest BCUT2D eigenvalue weighted by atomic mass is 16.5. The largest absolute Gasteiger partial charge is 0.493 e. The van der Waals surface area contributed by atoms with Crippen molar-refractivity contribution < 1.29 is 33.0 Å². The highest BCUT2D eigenvalue weighted by Gasteiger charge is 2.27. The Morgan fingerprint density at radius 1 is 1.07 bits per heavy atom. The van der Waals surface area contributed by atoms with Crippen LogP contribution in [0.2, 0.25) is 0 Å². The van der Waals surface area contributed by atoms with Crippen LogP contribution in [-0.4, -0.2) is 44.7 Å². The van der Waals surface area contributed by atoms with Crippen molar-refractivity contribution in [1.29, 1.82) is 0 Å². The number of carbonyl (C=O) groups excluding carboxylic acids is 3. The number of esters is 1. The standard InChI is InChI=1S/C21H26N2O7/c1-13(2)19(23-20(25)16-6-5-9-29-16)21(26)30-12-18(24)22-11-14-7-8-15(27-3)17(10-14)28-4/h5-10,13,19H,11-12H2,1-4H3,(H,22,24)(H,23,25)/t19-/m0/s1. The average Bonchev–Trinajstić information content (AvgIpc) is 3.28. The molecule has 30 heavy (non-hydrogen) atoms. The van der Waals surface area contributed by atoms with Crippen LogP contribution in [0.5, 0.6) is 11.5 Å². The third-order valence-corrected chi connectivity index (χ3v) is 4.24. The van der Waals surface area contributed by atoms with Gasteiger partial charge in [-0.3, -0.25) is 9.59 Å². The Kier molecular flexibility index (Phi) is 8.28. The van der Waals surface area contributed by atoms with Crippen LogP contribution in [0.1, 0.15) is 30.0 Å². The molecule has 2 aromatic rings. The number of furan rings is 1. The van der Waals surface area contributed by atoms with Crippen LogP contribution in [0.3, 0.4) is 0 Å². The zero-order valence-electron chi connectivity index (χ0n) is 17.4. The lowest BCUT2D eigenvalue weighted by atomic mass is 10.0. The van der Waals surface area contributed by atoms with E-state index in [4.69, 9.17) is 18.6 Å². The second-order valence-electron chi connectivity index (χ2n) is 6.75. The molecule has 0 aliphatic rings. The Bertz CT molecular complexity index is 862. The van der Waals surface area contributed by atoms with Crippen LogP contribution in [0.25, 0.3) is 0 Å².